The standard InChI is InChI=1S/C12H15N5O4S.2C2H6/c1-8(12(18)19)16(2)21-22(20)10-6-4-9(5-7-10)11-13-15-17(3)14-11;2*1-2/h4-8H,1-3H3,(H,18,19);2*1-2H3. The molecule has 2 aromatic rings. The van der Waals surface area contributed by atoms with Gasteiger partial charge in [-0.2, -0.15) is 14.1 Å². The van der Waals surface area contributed by atoms with Crippen LogP contribution in [0.2, 0.25) is 0 Å². The van der Waals surface area contributed by atoms with E-state index in [1.54, 1.807) is 31.3 Å². The topological polar surface area (TPSA) is 110 Å². The fraction of sp³-hybridized carbons (Fsp3) is 0.500. The number of hydrogen-bond donors (Lipinski definition) is 1. The molecule has 10 heteroatoms. The van der Waals surface area contributed by atoms with Gasteiger partial charge in [0, 0.05) is 12.6 Å². The molecule has 0 saturated heterocycles. The quantitative estimate of drug-likeness (QED) is 0.754. The summed E-state index contributed by atoms with van der Waals surface area (Å²) in [5.41, 5.74) is 0.723. The van der Waals surface area contributed by atoms with Gasteiger partial charge in [-0.3, -0.25) is 4.79 Å². The first-order valence-corrected chi connectivity index (χ1v) is 9.36. The number of carbonyl (C=O) groups is 1. The van der Waals surface area contributed by atoms with Crippen LogP contribution in [0.3, 0.4) is 0 Å². The maximum absolute atomic E-state index is 12.0. The third kappa shape index (κ3) is 6.98. The monoisotopic (exact) mass is 385 g/mol. The van der Waals surface area contributed by atoms with E-state index in [0.717, 1.165) is 10.6 Å². The van der Waals surface area contributed by atoms with E-state index in [1.807, 2.05) is 27.7 Å². The molecule has 2 rings (SSSR count). The fourth-order valence-corrected chi connectivity index (χ4v) is 2.27. The van der Waals surface area contributed by atoms with Crippen LogP contribution in [0, 0.1) is 0 Å². The van der Waals surface area contributed by atoms with Crippen molar-refractivity contribution in [2.45, 2.75) is 45.6 Å². The van der Waals surface area contributed by atoms with E-state index < -0.39 is 23.1 Å². The minimum atomic E-state index is -1.81. The summed E-state index contributed by atoms with van der Waals surface area (Å²) in [5, 5.41) is 21.6. The fourth-order valence-electron chi connectivity index (χ4n) is 1.48. The van der Waals surface area contributed by atoms with Crippen molar-refractivity contribution >= 4 is 17.0 Å². The first-order chi connectivity index (χ1) is 12.4. The Labute approximate surface area is 156 Å². The van der Waals surface area contributed by atoms with Crippen molar-refractivity contribution in [2.24, 2.45) is 7.05 Å². The molecule has 9 nitrogen and oxygen atoms in total. The van der Waals surface area contributed by atoms with Gasteiger partial charge in [0.2, 0.25) is 16.9 Å². The molecule has 1 aromatic heterocycles. The minimum Gasteiger partial charge on any atom is -0.480 e. The maximum atomic E-state index is 12.0. The molecule has 0 aliphatic carbocycles. The van der Waals surface area contributed by atoms with Crippen LogP contribution in [-0.4, -0.2) is 53.6 Å². The van der Waals surface area contributed by atoms with E-state index >= 15 is 0 Å². The van der Waals surface area contributed by atoms with Crippen molar-refractivity contribution < 1.29 is 18.4 Å². The molecule has 0 radical (unpaired) electrons. The summed E-state index contributed by atoms with van der Waals surface area (Å²) < 4.78 is 17.1. The Morgan fingerprint density at radius 3 is 2.19 bits per heavy atom. The number of carboxylic acid groups (broad SMARTS) is 1. The highest BCUT2D eigenvalue weighted by atomic mass is 32.2. The van der Waals surface area contributed by atoms with Crippen molar-refractivity contribution in [1.82, 2.24) is 25.3 Å². The zero-order chi connectivity index (χ0) is 20.3. The molecule has 1 N–H and O–H groups in total. The number of carboxylic acids is 1. The largest absolute Gasteiger partial charge is 0.480 e. The van der Waals surface area contributed by atoms with Gasteiger partial charge in [-0.25, -0.2) is 4.21 Å². The summed E-state index contributed by atoms with van der Waals surface area (Å²) >= 11 is -1.81. The summed E-state index contributed by atoms with van der Waals surface area (Å²) in [6, 6.07) is 5.66. The number of benzene rings is 1. The van der Waals surface area contributed by atoms with Gasteiger partial charge < -0.3 is 5.11 Å². The van der Waals surface area contributed by atoms with Gasteiger partial charge in [-0.15, -0.1) is 10.2 Å². The van der Waals surface area contributed by atoms with Crippen LogP contribution >= 0.6 is 0 Å². The number of hydroxylamine groups is 2. The molecule has 0 fully saturated rings. The molecule has 26 heavy (non-hydrogen) atoms. The normalized spacial score (nSPS) is 12.3. The van der Waals surface area contributed by atoms with Gasteiger partial charge in [-0.1, -0.05) is 27.7 Å². The van der Waals surface area contributed by atoms with Crippen molar-refractivity contribution in [3.05, 3.63) is 24.3 Å². The molecule has 0 aliphatic heterocycles. The van der Waals surface area contributed by atoms with Gasteiger partial charge in [0.25, 0.3) is 0 Å². The Morgan fingerprint density at radius 1 is 1.23 bits per heavy atom. The lowest BCUT2D eigenvalue weighted by Gasteiger charge is -2.18. The summed E-state index contributed by atoms with van der Waals surface area (Å²) in [6.45, 7) is 9.43. The summed E-state index contributed by atoms with van der Waals surface area (Å²) in [5.74, 6) is -0.610. The Balaban J connectivity index is 0.00000146. The smallest absolute Gasteiger partial charge is 0.323 e. The van der Waals surface area contributed by atoms with Crippen LogP contribution in [0.4, 0.5) is 0 Å². The maximum Gasteiger partial charge on any atom is 0.323 e. The van der Waals surface area contributed by atoms with Crippen LogP contribution < -0.4 is 0 Å². The van der Waals surface area contributed by atoms with Crippen LogP contribution in [-0.2, 0) is 27.2 Å². The van der Waals surface area contributed by atoms with E-state index in [1.165, 1.54) is 18.8 Å². The zero-order valence-corrected chi connectivity index (χ0v) is 17.0. The van der Waals surface area contributed by atoms with Gasteiger partial charge in [0.15, 0.2) is 0 Å². The third-order valence-corrected chi connectivity index (χ3v) is 3.93. The first-order valence-electron chi connectivity index (χ1n) is 8.28. The van der Waals surface area contributed by atoms with E-state index in [2.05, 4.69) is 15.4 Å². The number of aryl methyl sites for hydroxylation is 1. The average molecular weight is 385 g/mol. The van der Waals surface area contributed by atoms with E-state index in [4.69, 9.17) is 9.39 Å². The second kappa shape index (κ2) is 12.2. The Kier molecular flexibility index (Phi) is 11.2. The predicted molar refractivity (Wildman–Crippen MR) is 99.3 cm³/mol. The molecular weight excluding hydrogens is 358 g/mol. The molecule has 2 unspecified atom stereocenters. The number of likely N-dealkylation sites (N-methyl/N-ethyl adjacent to an activating group) is 1. The van der Waals surface area contributed by atoms with Crippen LogP contribution in [0.15, 0.2) is 29.2 Å². The molecule has 1 heterocycles. The van der Waals surface area contributed by atoms with E-state index in [-0.39, 0.29) is 0 Å². The number of aliphatic carboxylic acids is 1. The number of hydrogen-bond acceptors (Lipinski definition) is 7. The molecule has 0 saturated carbocycles. The first kappa shape index (κ1) is 23.8. The molecule has 1 aromatic carbocycles. The van der Waals surface area contributed by atoms with Crippen LogP contribution in [0.5, 0.6) is 0 Å². The summed E-state index contributed by atoms with van der Waals surface area (Å²) in [4.78, 5) is 12.6. The Bertz CT molecular complexity index is 690. The summed E-state index contributed by atoms with van der Waals surface area (Å²) in [7, 11) is 3.07. The highest BCUT2D eigenvalue weighted by molar-refractivity contribution is 7.80. The molecular formula is C16H27N5O4S. The van der Waals surface area contributed by atoms with Crippen molar-refractivity contribution in [2.75, 3.05) is 7.05 Å². The predicted octanol–water partition coefficient (Wildman–Crippen LogP) is 2.29. The lowest BCUT2D eigenvalue weighted by molar-refractivity contribution is -0.153. The van der Waals surface area contributed by atoms with E-state index in [0.29, 0.717) is 10.7 Å². The highest BCUT2D eigenvalue weighted by Gasteiger charge is 2.20. The molecule has 0 amide bonds. The van der Waals surface area contributed by atoms with Crippen LogP contribution in [0.25, 0.3) is 11.4 Å². The van der Waals surface area contributed by atoms with Crippen LogP contribution in [0.1, 0.15) is 34.6 Å². The molecule has 146 valence electrons. The highest BCUT2D eigenvalue weighted by Crippen LogP contribution is 2.17. The molecule has 0 aliphatic rings. The van der Waals surface area contributed by atoms with Crippen molar-refractivity contribution in [3.63, 3.8) is 0 Å². The zero-order valence-electron chi connectivity index (χ0n) is 16.2. The van der Waals surface area contributed by atoms with Gasteiger partial charge in [0.1, 0.15) is 6.04 Å². The summed E-state index contributed by atoms with van der Waals surface area (Å²) in [6.07, 6.45) is 0. The van der Waals surface area contributed by atoms with Gasteiger partial charge in [-0.05, 0) is 36.4 Å². The number of tetrazole rings is 1. The van der Waals surface area contributed by atoms with Gasteiger partial charge >= 0.3 is 5.97 Å². The molecule has 0 bridgehead atoms. The SMILES string of the molecule is CC.CC.CC(C(=O)O)N(C)OS(=O)c1ccc(-c2nnn(C)n2)cc1. The van der Waals surface area contributed by atoms with Gasteiger partial charge in [0.05, 0.1) is 11.9 Å². The lowest BCUT2D eigenvalue weighted by Crippen LogP contribution is -2.36. The molecule has 0 spiro atoms. The third-order valence-electron chi connectivity index (χ3n) is 2.90. The number of nitrogens with zero attached hydrogens (tertiary/aromatic N) is 5. The second-order valence-corrected chi connectivity index (χ2v) is 5.59. The number of aromatic nitrogens is 4. The average Bonchev–Trinajstić information content (AvgIpc) is 3.10. The lowest BCUT2D eigenvalue weighted by atomic mass is 10.2. The number of rotatable bonds is 6. The Hall–Kier alpha value is -2.17. The molecule has 2 atom stereocenters. The van der Waals surface area contributed by atoms with Crippen molar-refractivity contribution in [1.29, 1.82) is 0 Å². The van der Waals surface area contributed by atoms with E-state index in [9.17, 15) is 9.00 Å². The second-order valence-electron chi connectivity index (χ2n) is 4.50. The van der Waals surface area contributed by atoms with Crippen molar-refractivity contribution in [3.8, 4) is 11.4 Å². The minimum absolute atomic E-state index is 0.400. The Morgan fingerprint density at radius 2 is 1.77 bits per heavy atom.